The molecule has 0 aromatic heterocycles. The number of carbonyl (C=O) groups is 1. The third-order valence-electron chi connectivity index (χ3n) is 2.68. The van der Waals surface area contributed by atoms with E-state index in [2.05, 4.69) is 20.7 Å². The van der Waals surface area contributed by atoms with Crippen LogP contribution in [-0.2, 0) is 14.8 Å². The molecule has 2 N–H and O–H groups in total. The van der Waals surface area contributed by atoms with E-state index in [0.29, 0.717) is 4.47 Å². The van der Waals surface area contributed by atoms with Crippen molar-refractivity contribution >= 4 is 31.9 Å². The summed E-state index contributed by atoms with van der Waals surface area (Å²) >= 11 is 3.19. The van der Waals surface area contributed by atoms with Crippen molar-refractivity contribution in [1.82, 2.24) is 4.72 Å². The van der Waals surface area contributed by atoms with Crippen molar-refractivity contribution in [3.05, 3.63) is 28.2 Å². The Morgan fingerprint density at radius 2 is 2.00 bits per heavy atom. The van der Waals surface area contributed by atoms with Crippen molar-refractivity contribution in [2.45, 2.75) is 38.1 Å². The molecule has 112 valence electrons. The molecule has 0 bridgehead atoms. The Morgan fingerprint density at radius 1 is 1.40 bits per heavy atom. The highest BCUT2D eigenvalue weighted by Gasteiger charge is 2.27. The quantitative estimate of drug-likeness (QED) is 0.813. The van der Waals surface area contributed by atoms with Crippen molar-refractivity contribution in [3.8, 4) is 0 Å². The smallest absolute Gasteiger partial charge is 0.321 e. The molecule has 1 aromatic carbocycles. The zero-order valence-electron chi connectivity index (χ0n) is 11.6. The summed E-state index contributed by atoms with van der Waals surface area (Å²) in [6, 6.07) is 3.66. The lowest BCUT2D eigenvalue weighted by molar-refractivity contribution is -0.139. The second-order valence-electron chi connectivity index (χ2n) is 5.08. The van der Waals surface area contributed by atoms with E-state index >= 15 is 0 Å². The van der Waals surface area contributed by atoms with Gasteiger partial charge in [-0.25, -0.2) is 8.42 Å². The summed E-state index contributed by atoms with van der Waals surface area (Å²) in [5.41, 5.74) is 0.910. The summed E-state index contributed by atoms with van der Waals surface area (Å²) in [5, 5.41) is 9.11. The predicted octanol–water partition coefficient (Wildman–Crippen LogP) is 2.54. The summed E-state index contributed by atoms with van der Waals surface area (Å²) < 4.78 is 27.2. The lowest BCUT2D eigenvalue weighted by atomic mass is 10.1. The molecule has 0 saturated heterocycles. The van der Waals surface area contributed by atoms with Crippen LogP contribution < -0.4 is 4.72 Å². The first-order chi connectivity index (χ1) is 9.13. The molecule has 20 heavy (non-hydrogen) atoms. The van der Waals surface area contributed by atoms with Crippen molar-refractivity contribution in [3.63, 3.8) is 0 Å². The summed E-state index contributed by atoms with van der Waals surface area (Å²) in [6.45, 7) is 5.52. The minimum Gasteiger partial charge on any atom is -0.480 e. The van der Waals surface area contributed by atoms with Gasteiger partial charge in [0.05, 0.1) is 4.90 Å². The fraction of sp³-hybridized carbons (Fsp3) is 0.462. The Balaban J connectivity index is 3.06. The van der Waals surface area contributed by atoms with Crippen LogP contribution >= 0.6 is 15.9 Å². The minimum atomic E-state index is -3.88. The number of benzene rings is 1. The fourth-order valence-electron chi connectivity index (χ4n) is 1.75. The fourth-order valence-corrected chi connectivity index (χ4v) is 4.14. The highest BCUT2D eigenvalue weighted by molar-refractivity contribution is 9.10. The van der Waals surface area contributed by atoms with Crippen LogP contribution in [0.3, 0.4) is 0 Å². The molecule has 0 unspecified atom stereocenters. The predicted molar refractivity (Wildman–Crippen MR) is 80.1 cm³/mol. The van der Waals surface area contributed by atoms with Gasteiger partial charge >= 0.3 is 5.97 Å². The maximum atomic E-state index is 12.3. The van der Waals surface area contributed by atoms with E-state index in [1.165, 1.54) is 6.07 Å². The van der Waals surface area contributed by atoms with Gasteiger partial charge in [0.15, 0.2) is 0 Å². The number of aryl methyl sites for hydroxylation is 1. The molecule has 1 aromatic rings. The molecule has 0 aliphatic carbocycles. The monoisotopic (exact) mass is 363 g/mol. The van der Waals surface area contributed by atoms with Gasteiger partial charge in [0, 0.05) is 4.47 Å². The topological polar surface area (TPSA) is 83.5 Å². The number of sulfonamides is 1. The van der Waals surface area contributed by atoms with Gasteiger partial charge < -0.3 is 5.11 Å². The zero-order valence-corrected chi connectivity index (χ0v) is 14.0. The van der Waals surface area contributed by atoms with Gasteiger partial charge in [-0.15, -0.1) is 0 Å². The Bertz CT molecular complexity index is 598. The van der Waals surface area contributed by atoms with Crippen molar-refractivity contribution in [1.29, 1.82) is 0 Å². The Hall–Kier alpha value is -0.920. The Labute approximate surface area is 127 Å². The van der Waals surface area contributed by atoms with Gasteiger partial charge in [-0.3, -0.25) is 4.79 Å². The van der Waals surface area contributed by atoms with Gasteiger partial charge in [-0.1, -0.05) is 19.9 Å². The largest absolute Gasteiger partial charge is 0.480 e. The van der Waals surface area contributed by atoms with Crippen LogP contribution in [0.2, 0.25) is 0 Å². The number of rotatable bonds is 6. The van der Waals surface area contributed by atoms with Crippen molar-refractivity contribution < 1.29 is 18.3 Å². The van der Waals surface area contributed by atoms with Gasteiger partial charge in [-0.2, -0.15) is 4.72 Å². The second kappa shape index (κ2) is 6.69. The maximum Gasteiger partial charge on any atom is 0.321 e. The molecule has 1 rings (SSSR count). The van der Waals surface area contributed by atoms with Crippen LogP contribution in [0.25, 0.3) is 0 Å². The summed E-state index contributed by atoms with van der Waals surface area (Å²) in [4.78, 5) is 11.2. The molecular formula is C13H18BrNO4S. The van der Waals surface area contributed by atoms with Crippen LogP contribution in [-0.4, -0.2) is 25.5 Å². The minimum absolute atomic E-state index is 0.0399. The third-order valence-corrected chi connectivity index (χ3v) is 5.13. The first kappa shape index (κ1) is 17.1. The molecule has 0 aliphatic heterocycles. The third kappa shape index (κ3) is 4.57. The highest BCUT2D eigenvalue weighted by Crippen LogP contribution is 2.23. The Morgan fingerprint density at radius 3 is 2.45 bits per heavy atom. The molecule has 0 radical (unpaired) electrons. The lowest BCUT2D eigenvalue weighted by Gasteiger charge is -2.17. The molecule has 0 saturated carbocycles. The van der Waals surface area contributed by atoms with Crippen LogP contribution in [0.5, 0.6) is 0 Å². The normalized spacial score (nSPS) is 13.4. The van der Waals surface area contributed by atoms with E-state index in [1.807, 2.05) is 20.8 Å². The van der Waals surface area contributed by atoms with Crippen LogP contribution in [0.1, 0.15) is 25.8 Å². The summed E-state index contributed by atoms with van der Waals surface area (Å²) in [7, 11) is -3.88. The Kier molecular flexibility index (Phi) is 5.73. The van der Waals surface area contributed by atoms with Crippen molar-refractivity contribution in [2.75, 3.05) is 0 Å². The number of nitrogens with one attached hydrogen (secondary N) is 1. The van der Waals surface area contributed by atoms with E-state index in [-0.39, 0.29) is 17.2 Å². The average molecular weight is 364 g/mol. The SMILES string of the molecule is Cc1ccc(S(=O)(=O)N[C@H](CC(C)C)C(=O)O)c(Br)c1. The summed E-state index contributed by atoms with van der Waals surface area (Å²) in [6.07, 6.45) is 0.234. The van der Waals surface area contributed by atoms with E-state index < -0.39 is 22.0 Å². The molecule has 0 fully saturated rings. The molecule has 1 atom stereocenters. The van der Waals surface area contributed by atoms with Crippen LogP contribution in [0, 0.1) is 12.8 Å². The van der Waals surface area contributed by atoms with Crippen molar-refractivity contribution in [2.24, 2.45) is 5.92 Å². The maximum absolute atomic E-state index is 12.3. The van der Waals surface area contributed by atoms with Gasteiger partial charge in [0.1, 0.15) is 6.04 Å². The molecule has 0 amide bonds. The van der Waals surface area contributed by atoms with Gasteiger partial charge in [-0.05, 0) is 52.9 Å². The van der Waals surface area contributed by atoms with Crippen LogP contribution in [0.15, 0.2) is 27.6 Å². The van der Waals surface area contributed by atoms with Gasteiger partial charge in [0.25, 0.3) is 0 Å². The van der Waals surface area contributed by atoms with E-state index in [4.69, 9.17) is 5.11 Å². The molecule has 0 heterocycles. The number of carboxylic acids is 1. The van der Waals surface area contributed by atoms with E-state index in [9.17, 15) is 13.2 Å². The average Bonchev–Trinajstić information content (AvgIpc) is 2.26. The lowest BCUT2D eigenvalue weighted by Crippen LogP contribution is -2.41. The zero-order chi connectivity index (χ0) is 15.5. The standard InChI is InChI=1S/C13H18BrNO4S/c1-8(2)6-11(13(16)17)15-20(18,19)12-5-4-9(3)7-10(12)14/h4-5,7-8,11,15H,6H2,1-3H3,(H,16,17)/t11-/m1/s1. The highest BCUT2D eigenvalue weighted by atomic mass is 79.9. The molecule has 0 spiro atoms. The van der Waals surface area contributed by atoms with Crippen LogP contribution in [0.4, 0.5) is 0 Å². The summed E-state index contributed by atoms with van der Waals surface area (Å²) in [5.74, 6) is -1.11. The van der Waals surface area contributed by atoms with E-state index in [1.54, 1.807) is 12.1 Å². The second-order valence-corrected chi connectivity index (χ2v) is 7.61. The van der Waals surface area contributed by atoms with E-state index in [0.717, 1.165) is 5.56 Å². The van der Waals surface area contributed by atoms with Gasteiger partial charge in [0.2, 0.25) is 10.0 Å². The number of hydrogen-bond donors (Lipinski definition) is 2. The number of aliphatic carboxylic acids is 1. The number of halogens is 1. The number of hydrogen-bond acceptors (Lipinski definition) is 3. The first-order valence-electron chi connectivity index (χ1n) is 6.14. The molecular weight excluding hydrogens is 346 g/mol. The first-order valence-corrected chi connectivity index (χ1v) is 8.42. The molecule has 5 nitrogen and oxygen atoms in total. The molecule has 7 heteroatoms. The number of carboxylic acid groups (broad SMARTS) is 1. The molecule has 0 aliphatic rings.